The summed E-state index contributed by atoms with van der Waals surface area (Å²) in [6.45, 7) is 3.75. The first-order valence-electron chi connectivity index (χ1n) is 6.07. The highest BCUT2D eigenvalue weighted by Crippen LogP contribution is 2.33. The summed E-state index contributed by atoms with van der Waals surface area (Å²) in [5.74, 6) is 1.39. The third-order valence-corrected chi connectivity index (χ3v) is 3.60. The topological polar surface area (TPSA) is 30.0 Å². The Hall–Kier alpha value is -1.18. The highest BCUT2D eigenvalue weighted by molar-refractivity contribution is 5.78. The zero-order valence-electron chi connectivity index (χ0n) is 10.1. The van der Waals surface area contributed by atoms with Crippen LogP contribution < -0.4 is 0 Å². The molecule has 0 saturated heterocycles. The van der Waals surface area contributed by atoms with Gasteiger partial charge in [-0.25, -0.2) is 0 Å². The molecular weight excluding hydrogens is 198 g/mol. The molecule has 1 aliphatic rings. The molecule has 1 heterocycles. The number of nitrogens with zero attached hydrogens (tertiary/aromatic N) is 1. The number of hydrogen-bond donors (Lipinski definition) is 0. The van der Waals surface area contributed by atoms with Crippen LogP contribution in [0.25, 0.3) is 0 Å². The number of carbonyl (C=O) groups excluding carboxylic acids is 1. The summed E-state index contributed by atoms with van der Waals surface area (Å²) >= 11 is 0. The van der Waals surface area contributed by atoms with Gasteiger partial charge in [0.05, 0.1) is 0 Å². The molecule has 0 aromatic carbocycles. The molecule has 86 valence electrons. The third-order valence-electron chi connectivity index (χ3n) is 3.60. The van der Waals surface area contributed by atoms with Crippen molar-refractivity contribution in [3.63, 3.8) is 0 Å². The van der Waals surface area contributed by atoms with E-state index in [-0.39, 0.29) is 0 Å². The van der Waals surface area contributed by atoms with Gasteiger partial charge < -0.3 is 0 Å². The maximum atomic E-state index is 11.3. The van der Waals surface area contributed by atoms with E-state index in [9.17, 15) is 4.79 Å². The summed E-state index contributed by atoms with van der Waals surface area (Å²) in [5, 5.41) is 0. The summed E-state index contributed by atoms with van der Waals surface area (Å²) in [4.78, 5) is 15.5. The molecule has 0 bridgehead atoms. The van der Waals surface area contributed by atoms with E-state index in [2.05, 4.69) is 17.1 Å². The van der Waals surface area contributed by atoms with Gasteiger partial charge in [0.1, 0.15) is 5.78 Å². The van der Waals surface area contributed by atoms with Gasteiger partial charge in [0.25, 0.3) is 0 Å². The van der Waals surface area contributed by atoms with Crippen molar-refractivity contribution >= 4 is 5.78 Å². The Kier molecular flexibility index (Phi) is 3.37. The maximum Gasteiger partial charge on any atom is 0.132 e. The van der Waals surface area contributed by atoms with Crippen LogP contribution >= 0.6 is 0 Å². The number of aromatic nitrogens is 1. The second-order valence-corrected chi connectivity index (χ2v) is 5.00. The minimum atomic E-state index is 0.327. The fraction of sp³-hybridized carbons (Fsp3) is 0.571. The zero-order valence-corrected chi connectivity index (χ0v) is 10.1. The molecule has 1 aliphatic carbocycles. The molecule has 2 rings (SSSR count). The van der Waals surface area contributed by atoms with E-state index in [1.165, 1.54) is 12.0 Å². The first-order valence-corrected chi connectivity index (χ1v) is 6.07. The highest BCUT2D eigenvalue weighted by Gasteiger charge is 2.27. The van der Waals surface area contributed by atoms with Crippen molar-refractivity contribution in [2.45, 2.75) is 39.5 Å². The maximum absolute atomic E-state index is 11.3. The quantitative estimate of drug-likeness (QED) is 0.779. The molecule has 1 saturated carbocycles. The number of aryl methyl sites for hydroxylation is 1. The van der Waals surface area contributed by atoms with Crippen LogP contribution in [0.5, 0.6) is 0 Å². The first-order chi connectivity index (χ1) is 7.65. The van der Waals surface area contributed by atoms with E-state index >= 15 is 0 Å². The molecule has 0 radical (unpaired) electrons. The third kappa shape index (κ3) is 2.69. The smallest absolute Gasteiger partial charge is 0.132 e. The fourth-order valence-corrected chi connectivity index (χ4v) is 2.69. The van der Waals surface area contributed by atoms with Crippen molar-refractivity contribution in [3.8, 4) is 0 Å². The van der Waals surface area contributed by atoms with Crippen LogP contribution in [0.4, 0.5) is 0 Å². The largest absolute Gasteiger partial charge is 0.300 e. The van der Waals surface area contributed by atoms with E-state index in [1.807, 2.05) is 13.1 Å². The lowest BCUT2D eigenvalue weighted by molar-refractivity contribution is -0.120. The Labute approximate surface area is 97.1 Å². The van der Waals surface area contributed by atoms with E-state index in [0.717, 1.165) is 25.0 Å². The Balaban J connectivity index is 1.94. The van der Waals surface area contributed by atoms with Gasteiger partial charge in [0.2, 0.25) is 0 Å². The molecular formula is C14H19NO. The summed E-state index contributed by atoms with van der Waals surface area (Å²) in [6, 6.07) is 4.25. The lowest BCUT2D eigenvalue weighted by atomic mass is 9.96. The van der Waals surface area contributed by atoms with Crippen LogP contribution in [0, 0.1) is 18.8 Å². The van der Waals surface area contributed by atoms with Crippen LogP contribution in [0.15, 0.2) is 18.3 Å². The SMILES string of the molecule is CC(=O)[C@@H]1CC[C@@H](Cc2ccnc(C)c2)C1. The van der Waals surface area contributed by atoms with Crippen LogP contribution in [0.3, 0.4) is 0 Å². The predicted octanol–water partition coefficient (Wildman–Crippen LogP) is 2.94. The predicted molar refractivity (Wildman–Crippen MR) is 64.2 cm³/mol. The summed E-state index contributed by atoms with van der Waals surface area (Å²) in [7, 11) is 0. The van der Waals surface area contributed by atoms with Gasteiger partial charge in [-0.15, -0.1) is 0 Å². The molecule has 2 heteroatoms. The second-order valence-electron chi connectivity index (χ2n) is 5.00. The Morgan fingerprint density at radius 1 is 1.50 bits per heavy atom. The van der Waals surface area contributed by atoms with Crippen molar-refractivity contribution in [2.24, 2.45) is 11.8 Å². The van der Waals surface area contributed by atoms with Crippen molar-refractivity contribution in [3.05, 3.63) is 29.6 Å². The van der Waals surface area contributed by atoms with Crippen molar-refractivity contribution in [2.75, 3.05) is 0 Å². The van der Waals surface area contributed by atoms with Crippen molar-refractivity contribution in [1.29, 1.82) is 0 Å². The number of ketones is 1. The van der Waals surface area contributed by atoms with Gasteiger partial charge in [0.15, 0.2) is 0 Å². The summed E-state index contributed by atoms with van der Waals surface area (Å²) in [6.07, 6.45) is 6.35. The van der Waals surface area contributed by atoms with E-state index in [4.69, 9.17) is 0 Å². The van der Waals surface area contributed by atoms with Crippen LogP contribution in [0.1, 0.15) is 37.4 Å². The lowest BCUT2D eigenvalue weighted by Gasteiger charge is -2.10. The van der Waals surface area contributed by atoms with Gasteiger partial charge in [0, 0.05) is 17.8 Å². The monoisotopic (exact) mass is 217 g/mol. The second kappa shape index (κ2) is 4.77. The molecule has 0 aliphatic heterocycles. The van der Waals surface area contributed by atoms with E-state index in [1.54, 1.807) is 6.92 Å². The molecule has 0 spiro atoms. The minimum absolute atomic E-state index is 0.327. The summed E-state index contributed by atoms with van der Waals surface area (Å²) in [5.41, 5.74) is 2.44. The average molecular weight is 217 g/mol. The number of carbonyl (C=O) groups is 1. The van der Waals surface area contributed by atoms with Gasteiger partial charge in [-0.05, 0) is 63.1 Å². The molecule has 16 heavy (non-hydrogen) atoms. The van der Waals surface area contributed by atoms with Gasteiger partial charge >= 0.3 is 0 Å². The molecule has 1 fully saturated rings. The van der Waals surface area contributed by atoms with Gasteiger partial charge in [-0.2, -0.15) is 0 Å². The molecule has 1 aromatic heterocycles. The Bertz CT molecular complexity index is 386. The van der Waals surface area contributed by atoms with E-state index in [0.29, 0.717) is 17.6 Å². The lowest BCUT2D eigenvalue weighted by Crippen LogP contribution is -2.07. The van der Waals surface area contributed by atoms with Gasteiger partial charge in [-0.1, -0.05) is 0 Å². The zero-order chi connectivity index (χ0) is 11.5. The summed E-state index contributed by atoms with van der Waals surface area (Å²) < 4.78 is 0. The number of pyridine rings is 1. The normalized spacial score (nSPS) is 24.6. The van der Waals surface area contributed by atoms with E-state index < -0.39 is 0 Å². The molecule has 2 nitrogen and oxygen atoms in total. The molecule has 1 aromatic rings. The number of hydrogen-bond acceptors (Lipinski definition) is 2. The highest BCUT2D eigenvalue weighted by atomic mass is 16.1. The Morgan fingerprint density at radius 3 is 2.94 bits per heavy atom. The number of Topliss-reactive ketones (excluding diaryl/α,β-unsaturated/α-hetero) is 1. The average Bonchev–Trinajstić information content (AvgIpc) is 2.66. The first kappa shape index (κ1) is 11.3. The fourth-order valence-electron chi connectivity index (χ4n) is 2.69. The molecule has 0 amide bonds. The van der Waals surface area contributed by atoms with Crippen LogP contribution in [0.2, 0.25) is 0 Å². The molecule has 0 N–H and O–H groups in total. The van der Waals surface area contributed by atoms with Crippen molar-refractivity contribution < 1.29 is 4.79 Å². The minimum Gasteiger partial charge on any atom is -0.300 e. The Morgan fingerprint density at radius 2 is 2.31 bits per heavy atom. The van der Waals surface area contributed by atoms with Gasteiger partial charge in [-0.3, -0.25) is 9.78 Å². The van der Waals surface area contributed by atoms with Crippen LogP contribution in [-0.4, -0.2) is 10.8 Å². The molecule has 2 atom stereocenters. The number of rotatable bonds is 3. The van der Waals surface area contributed by atoms with Crippen molar-refractivity contribution in [1.82, 2.24) is 4.98 Å². The molecule has 0 unspecified atom stereocenters. The van der Waals surface area contributed by atoms with Crippen LogP contribution in [-0.2, 0) is 11.2 Å². The standard InChI is InChI=1S/C14H19NO/c1-10-7-13(5-6-15-10)8-12-3-4-14(9-12)11(2)16/h5-7,12,14H,3-4,8-9H2,1-2H3/t12-,14+/m0/s1.